The highest BCUT2D eigenvalue weighted by Crippen LogP contribution is 2.27. The lowest BCUT2D eigenvalue weighted by Gasteiger charge is -2.35. The highest BCUT2D eigenvalue weighted by atomic mass is 127. The van der Waals surface area contributed by atoms with Crippen LogP contribution in [-0.4, -0.2) is 74.7 Å². The van der Waals surface area contributed by atoms with E-state index in [0.29, 0.717) is 5.92 Å². The van der Waals surface area contributed by atoms with Gasteiger partial charge >= 0.3 is 0 Å². The van der Waals surface area contributed by atoms with Crippen molar-refractivity contribution in [1.29, 1.82) is 0 Å². The minimum atomic E-state index is 0. The maximum Gasteiger partial charge on any atom is 0.191 e. The number of hydrogen-bond donors (Lipinski definition) is 2. The molecule has 1 heterocycles. The summed E-state index contributed by atoms with van der Waals surface area (Å²) in [4.78, 5) is 9.89. The smallest absolute Gasteiger partial charge is 0.191 e. The van der Waals surface area contributed by atoms with Crippen molar-refractivity contribution in [2.24, 2.45) is 16.8 Å². The Hall–Kier alpha value is -0.0800. The summed E-state index contributed by atoms with van der Waals surface area (Å²) in [5, 5.41) is 6.83. The molecule has 0 bridgehead atoms. The number of aliphatic imine (C=N–C) groups is 1. The zero-order chi connectivity index (χ0) is 15.8. The van der Waals surface area contributed by atoms with Gasteiger partial charge in [-0.15, -0.1) is 24.0 Å². The van der Waals surface area contributed by atoms with E-state index in [1.54, 1.807) is 0 Å². The third kappa shape index (κ3) is 8.54. The molecule has 2 aliphatic rings. The molecule has 0 amide bonds. The first-order chi connectivity index (χ1) is 10.7. The highest BCUT2D eigenvalue weighted by Gasteiger charge is 2.21. The number of piperazine rings is 1. The SMILES string of the molecule is CCNC(=NCC(C)CN1CCN(CC)CC1)NCC1CC1.I. The summed E-state index contributed by atoms with van der Waals surface area (Å²) in [6, 6.07) is 0. The van der Waals surface area contributed by atoms with Crippen LogP contribution in [0.25, 0.3) is 0 Å². The lowest BCUT2D eigenvalue weighted by atomic mass is 10.1. The van der Waals surface area contributed by atoms with Crippen LogP contribution in [0.1, 0.15) is 33.6 Å². The number of guanidine groups is 1. The number of nitrogens with zero attached hydrogens (tertiary/aromatic N) is 3. The van der Waals surface area contributed by atoms with Gasteiger partial charge in [-0.1, -0.05) is 13.8 Å². The van der Waals surface area contributed by atoms with Crippen LogP contribution in [-0.2, 0) is 0 Å². The van der Waals surface area contributed by atoms with Crippen molar-refractivity contribution in [2.75, 3.05) is 58.9 Å². The Labute approximate surface area is 159 Å². The second kappa shape index (κ2) is 11.5. The average Bonchev–Trinajstić information content (AvgIpc) is 3.35. The summed E-state index contributed by atoms with van der Waals surface area (Å²) in [6.45, 7) is 16.8. The Morgan fingerprint density at radius 3 is 2.30 bits per heavy atom. The van der Waals surface area contributed by atoms with Crippen LogP contribution in [0.4, 0.5) is 0 Å². The molecule has 0 aromatic rings. The first kappa shape index (κ1) is 21.0. The molecule has 0 aromatic carbocycles. The molecule has 1 unspecified atom stereocenters. The second-order valence-electron chi connectivity index (χ2n) is 6.88. The lowest BCUT2D eigenvalue weighted by Crippen LogP contribution is -2.47. The fourth-order valence-corrected chi connectivity index (χ4v) is 2.94. The van der Waals surface area contributed by atoms with E-state index in [-0.39, 0.29) is 24.0 Å². The first-order valence-corrected chi connectivity index (χ1v) is 9.18. The Balaban J connectivity index is 0.00000264. The van der Waals surface area contributed by atoms with E-state index >= 15 is 0 Å². The Morgan fingerprint density at radius 1 is 1.09 bits per heavy atom. The van der Waals surface area contributed by atoms with Crippen molar-refractivity contribution in [3.8, 4) is 0 Å². The average molecular weight is 437 g/mol. The highest BCUT2D eigenvalue weighted by molar-refractivity contribution is 14.0. The molecule has 0 spiro atoms. The van der Waals surface area contributed by atoms with Gasteiger partial charge in [0.2, 0.25) is 0 Å². The Kier molecular flexibility index (Phi) is 10.5. The molecule has 5 nitrogen and oxygen atoms in total. The van der Waals surface area contributed by atoms with Gasteiger partial charge in [0.15, 0.2) is 5.96 Å². The zero-order valence-corrected chi connectivity index (χ0v) is 17.5. The van der Waals surface area contributed by atoms with E-state index in [2.05, 4.69) is 41.2 Å². The van der Waals surface area contributed by atoms with Crippen LogP contribution >= 0.6 is 24.0 Å². The molecular formula is C17H36IN5. The molecule has 1 aliphatic heterocycles. The van der Waals surface area contributed by atoms with Crippen molar-refractivity contribution in [2.45, 2.75) is 33.6 Å². The molecular weight excluding hydrogens is 401 g/mol. The van der Waals surface area contributed by atoms with Gasteiger partial charge in [0, 0.05) is 52.4 Å². The van der Waals surface area contributed by atoms with Crippen LogP contribution in [0.5, 0.6) is 0 Å². The minimum absolute atomic E-state index is 0. The molecule has 0 radical (unpaired) electrons. The quantitative estimate of drug-likeness (QED) is 0.346. The monoisotopic (exact) mass is 437 g/mol. The van der Waals surface area contributed by atoms with Gasteiger partial charge in [0.05, 0.1) is 0 Å². The number of likely N-dealkylation sites (N-methyl/N-ethyl adjacent to an activating group) is 1. The first-order valence-electron chi connectivity index (χ1n) is 9.18. The van der Waals surface area contributed by atoms with Crippen LogP contribution in [0.3, 0.4) is 0 Å². The third-order valence-corrected chi connectivity index (χ3v) is 4.64. The normalized spacial score (nSPS) is 21.6. The van der Waals surface area contributed by atoms with E-state index in [0.717, 1.165) is 31.5 Å². The second-order valence-corrected chi connectivity index (χ2v) is 6.88. The molecule has 1 atom stereocenters. The van der Waals surface area contributed by atoms with E-state index < -0.39 is 0 Å². The van der Waals surface area contributed by atoms with Gasteiger partial charge in [0.25, 0.3) is 0 Å². The van der Waals surface area contributed by atoms with E-state index in [1.165, 1.54) is 52.1 Å². The van der Waals surface area contributed by atoms with Gasteiger partial charge in [0.1, 0.15) is 0 Å². The summed E-state index contributed by atoms with van der Waals surface area (Å²) < 4.78 is 0. The van der Waals surface area contributed by atoms with Crippen molar-refractivity contribution < 1.29 is 0 Å². The molecule has 2 N–H and O–H groups in total. The lowest BCUT2D eigenvalue weighted by molar-refractivity contribution is 0.125. The maximum absolute atomic E-state index is 4.77. The maximum atomic E-state index is 4.77. The Morgan fingerprint density at radius 2 is 1.74 bits per heavy atom. The predicted molar refractivity (Wildman–Crippen MR) is 110 cm³/mol. The van der Waals surface area contributed by atoms with Crippen LogP contribution in [0.2, 0.25) is 0 Å². The molecule has 1 saturated carbocycles. The molecule has 136 valence electrons. The van der Waals surface area contributed by atoms with E-state index in [1.807, 2.05) is 0 Å². The summed E-state index contributed by atoms with van der Waals surface area (Å²) in [7, 11) is 0. The standard InChI is InChI=1S/C17H35N5.HI/c1-4-18-17(20-13-16-6-7-16)19-12-15(3)14-22-10-8-21(5-2)9-11-22;/h15-16H,4-14H2,1-3H3,(H2,18,19,20);1H. The summed E-state index contributed by atoms with van der Waals surface area (Å²) in [6.07, 6.45) is 2.76. The van der Waals surface area contributed by atoms with Crippen molar-refractivity contribution in [1.82, 2.24) is 20.4 Å². The molecule has 1 saturated heterocycles. The fraction of sp³-hybridized carbons (Fsp3) is 0.941. The van der Waals surface area contributed by atoms with Crippen molar-refractivity contribution in [3.63, 3.8) is 0 Å². The number of rotatable bonds is 8. The van der Waals surface area contributed by atoms with Crippen molar-refractivity contribution >= 4 is 29.9 Å². The largest absolute Gasteiger partial charge is 0.357 e. The van der Waals surface area contributed by atoms with E-state index in [9.17, 15) is 0 Å². The summed E-state index contributed by atoms with van der Waals surface area (Å²) in [5.74, 6) is 2.50. The van der Waals surface area contributed by atoms with Crippen LogP contribution < -0.4 is 10.6 Å². The van der Waals surface area contributed by atoms with Crippen molar-refractivity contribution in [3.05, 3.63) is 0 Å². The Bertz CT molecular complexity index is 338. The summed E-state index contributed by atoms with van der Waals surface area (Å²) >= 11 is 0. The number of halogens is 1. The third-order valence-electron chi connectivity index (χ3n) is 4.64. The molecule has 23 heavy (non-hydrogen) atoms. The van der Waals surface area contributed by atoms with Gasteiger partial charge in [-0.2, -0.15) is 0 Å². The molecule has 2 fully saturated rings. The van der Waals surface area contributed by atoms with Gasteiger partial charge in [-0.25, -0.2) is 0 Å². The van der Waals surface area contributed by atoms with Crippen LogP contribution in [0, 0.1) is 11.8 Å². The van der Waals surface area contributed by atoms with Gasteiger partial charge in [-0.3, -0.25) is 4.99 Å². The van der Waals surface area contributed by atoms with Crippen LogP contribution in [0.15, 0.2) is 4.99 Å². The minimum Gasteiger partial charge on any atom is -0.357 e. The number of hydrogen-bond acceptors (Lipinski definition) is 3. The van der Waals surface area contributed by atoms with Gasteiger partial charge in [-0.05, 0) is 38.1 Å². The number of nitrogens with one attached hydrogen (secondary N) is 2. The van der Waals surface area contributed by atoms with E-state index in [4.69, 9.17) is 4.99 Å². The molecule has 2 rings (SSSR count). The van der Waals surface area contributed by atoms with Gasteiger partial charge < -0.3 is 20.4 Å². The topological polar surface area (TPSA) is 42.9 Å². The fourth-order valence-electron chi connectivity index (χ4n) is 2.94. The predicted octanol–water partition coefficient (Wildman–Crippen LogP) is 1.84. The molecule has 0 aromatic heterocycles. The zero-order valence-electron chi connectivity index (χ0n) is 15.2. The molecule has 6 heteroatoms. The molecule has 1 aliphatic carbocycles. The summed E-state index contributed by atoms with van der Waals surface area (Å²) in [5.41, 5.74) is 0.